The molecule has 180 valence electrons. The Hall–Kier alpha value is -3.50. The van der Waals surface area contributed by atoms with E-state index in [4.69, 9.17) is 20.4 Å². The van der Waals surface area contributed by atoms with Crippen LogP contribution in [0.15, 0.2) is 48.5 Å². The molecule has 2 aromatic carbocycles. The Morgan fingerprint density at radius 1 is 0.594 bits per heavy atom. The van der Waals surface area contributed by atoms with Gasteiger partial charge in [0.25, 0.3) is 0 Å². The van der Waals surface area contributed by atoms with Gasteiger partial charge in [-0.25, -0.2) is 0 Å². The number of carboxylic acids is 2. The molecule has 0 atom stereocenters. The number of carboxylic acid groups (broad SMARTS) is 2. The maximum atomic E-state index is 9.89. The molecule has 10 heteroatoms. The minimum atomic E-state index is -1.00. The summed E-state index contributed by atoms with van der Waals surface area (Å²) in [6, 6.07) is 12.3. The summed E-state index contributed by atoms with van der Waals surface area (Å²) in [6.07, 6.45) is 0. The van der Waals surface area contributed by atoms with E-state index in [2.05, 4.69) is 0 Å². The van der Waals surface area contributed by atoms with Crippen molar-refractivity contribution in [3.8, 4) is 23.0 Å². The molecule has 0 aliphatic rings. The number of phenols is 4. The highest BCUT2D eigenvalue weighted by molar-refractivity contribution is 5.65. The number of para-hydroxylation sites is 4. The molecule has 0 aromatic heterocycles. The summed E-state index contributed by atoms with van der Waals surface area (Å²) >= 11 is 0. The first kappa shape index (κ1) is 30.7. The van der Waals surface area contributed by atoms with Crippen LogP contribution in [0.25, 0.3) is 0 Å². The van der Waals surface area contributed by atoms with E-state index >= 15 is 0 Å². The van der Waals surface area contributed by atoms with Crippen LogP contribution >= 0.6 is 0 Å². The zero-order chi connectivity index (χ0) is 25.5. The average Bonchev–Trinajstić information content (AvgIpc) is 2.57. The predicted octanol–water partition coefficient (Wildman–Crippen LogP) is -0.919. The van der Waals surface area contributed by atoms with Crippen LogP contribution < -0.4 is 10.2 Å². The van der Waals surface area contributed by atoms with E-state index in [0.717, 1.165) is 0 Å². The van der Waals surface area contributed by atoms with Gasteiger partial charge in [-0.3, -0.25) is 0 Å². The molecule has 0 aliphatic carbocycles. The summed E-state index contributed by atoms with van der Waals surface area (Å²) in [4.78, 5) is 19.8. The summed E-state index contributed by atoms with van der Waals surface area (Å²) in [5.74, 6) is -2.31. The zero-order valence-electron chi connectivity index (χ0n) is 19.3. The Morgan fingerprint density at radius 2 is 0.781 bits per heavy atom. The van der Waals surface area contributed by atoms with E-state index in [0.29, 0.717) is 8.97 Å². The lowest BCUT2D eigenvalue weighted by Gasteiger charge is -2.23. The quantitative estimate of drug-likeness (QED) is 0.341. The lowest BCUT2D eigenvalue weighted by Crippen LogP contribution is -2.45. The number of carbonyl (C=O) groups excluding carboxylic acids is 2. The predicted molar refractivity (Wildman–Crippen MR) is 115 cm³/mol. The second-order valence-electron chi connectivity index (χ2n) is 8.62. The number of nitrogens with zero attached hydrogens (tertiary/aromatic N) is 2. The fourth-order valence-electron chi connectivity index (χ4n) is 1.70. The van der Waals surface area contributed by atoms with Crippen molar-refractivity contribution in [1.82, 2.24) is 0 Å². The molecule has 0 fully saturated rings. The van der Waals surface area contributed by atoms with Crippen LogP contribution in [0.4, 0.5) is 0 Å². The van der Waals surface area contributed by atoms with Gasteiger partial charge in [0.2, 0.25) is 0 Å². The molecular weight excluding hydrogens is 420 g/mol. The third-order valence-electron chi connectivity index (χ3n) is 2.97. The van der Waals surface area contributed by atoms with Gasteiger partial charge in [-0.05, 0) is 24.3 Å². The summed E-state index contributed by atoms with van der Waals surface area (Å²) in [7, 11) is 10.8. The Morgan fingerprint density at radius 3 is 0.844 bits per heavy atom. The first-order chi connectivity index (χ1) is 14.4. The smallest absolute Gasteiger partial charge is 0.157 e. The summed E-state index contributed by atoms with van der Waals surface area (Å²) in [5.41, 5.74) is 0. The van der Waals surface area contributed by atoms with Gasteiger partial charge in [-0.1, -0.05) is 24.3 Å². The monoisotopic (exact) mass is 454 g/mol. The molecule has 0 aliphatic heterocycles. The van der Waals surface area contributed by atoms with Crippen LogP contribution in [0.3, 0.4) is 0 Å². The van der Waals surface area contributed by atoms with Crippen LogP contribution in [0.2, 0.25) is 0 Å². The second-order valence-corrected chi connectivity index (χ2v) is 8.62. The third kappa shape index (κ3) is 21.2. The standard InChI is InChI=1S/2C6H6O2.2C5H11NO2/c2*7-5-3-1-2-4-6(5)8;2*1-6(2,3)4-5(7)8/h2*1-4,7-8H;2*4H2,1-3H3. The molecule has 2 aromatic rings. The van der Waals surface area contributed by atoms with Gasteiger partial charge in [-0.2, -0.15) is 0 Å². The molecule has 0 bridgehead atoms. The van der Waals surface area contributed by atoms with Crippen LogP contribution in [-0.4, -0.2) is 96.7 Å². The zero-order valence-corrected chi connectivity index (χ0v) is 19.3. The number of likely N-dealkylation sites (N-methyl/N-ethyl adjacent to an activating group) is 2. The highest BCUT2D eigenvalue weighted by Gasteiger charge is 2.05. The van der Waals surface area contributed by atoms with Crippen molar-refractivity contribution in [2.75, 3.05) is 55.4 Å². The lowest BCUT2D eigenvalue weighted by atomic mass is 10.3. The number of rotatable bonds is 4. The number of aromatic hydroxyl groups is 4. The SMILES string of the molecule is C[N+](C)(C)CC(=O)[O-].C[N+](C)(C)CC(=O)[O-].Oc1ccccc1O.Oc1ccccc1O. The third-order valence-corrected chi connectivity index (χ3v) is 2.97. The molecule has 0 saturated heterocycles. The summed E-state index contributed by atoms with van der Waals surface area (Å²) in [6.45, 7) is 0.139. The van der Waals surface area contributed by atoms with Crippen LogP contribution in [0.1, 0.15) is 0 Å². The van der Waals surface area contributed by atoms with Crippen molar-refractivity contribution in [2.24, 2.45) is 0 Å². The number of aliphatic carboxylic acids is 2. The average molecular weight is 455 g/mol. The van der Waals surface area contributed by atoms with Gasteiger partial charge in [0.15, 0.2) is 23.0 Å². The maximum absolute atomic E-state index is 9.89. The Labute approximate surface area is 188 Å². The number of hydrogen-bond acceptors (Lipinski definition) is 8. The Kier molecular flexibility index (Phi) is 13.9. The Balaban J connectivity index is 0. The van der Waals surface area contributed by atoms with Crippen molar-refractivity contribution >= 4 is 11.9 Å². The molecule has 4 N–H and O–H groups in total. The van der Waals surface area contributed by atoms with Gasteiger partial charge in [0, 0.05) is 0 Å². The fraction of sp³-hybridized carbons (Fsp3) is 0.364. The highest BCUT2D eigenvalue weighted by atomic mass is 16.4. The largest absolute Gasteiger partial charge is 0.544 e. The van der Waals surface area contributed by atoms with E-state index in [-0.39, 0.29) is 36.1 Å². The number of hydrogen-bond donors (Lipinski definition) is 4. The van der Waals surface area contributed by atoms with Gasteiger partial charge >= 0.3 is 0 Å². The molecule has 32 heavy (non-hydrogen) atoms. The maximum Gasteiger partial charge on any atom is 0.157 e. The first-order valence-electron chi connectivity index (χ1n) is 9.39. The summed E-state index contributed by atoms with van der Waals surface area (Å²) < 4.78 is 0.838. The van der Waals surface area contributed by atoms with E-state index in [1.807, 2.05) is 0 Å². The molecule has 2 rings (SSSR count). The van der Waals surface area contributed by atoms with E-state index in [1.165, 1.54) is 24.3 Å². The number of phenolic OH excluding ortho intramolecular Hbond substituents is 4. The molecule has 0 radical (unpaired) electrons. The summed E-state index contributed by atoms with van der Waals surface area (Å²) in [5, 5.41) is 54.5. The minimum absolute atomic E-state index is 0.0694. The second kappa shape index (κ2) is 14.5. The van der Waals surface area contributed by atoms with Crippen LogP contribution in [0, 0.1) is 0 Å². The van der Waals surface area contributed by atoms with E-state index in [1.54, 1.807) is 66.6 Å². The molecule has 0 spiro atoms. The van der Waals surface area contributed by atoms with E-state index < -0.39 is 11.9 Å². The normalized spacial score (nSPS) is 10.2. The topological polar surface area (TPSA) is 161 Å². The number of carbonyl (C=O) groups is 2. The van der Waals surface area contributed by atoms with Gasteiger partial charge < -0.3 is 49.2 Å². The van der Waals surface area contributed by atoms with Crippen LogP contribution in [0.5, 0.6) is 23.0 Å². The van der Waals surface area contributed by atoms with E-state index in [9.17, 15) is 19.8 Å². The Bertz CT molecular complexity index is 716. The number of quaternary nitrogens is 2. The molecular formula is C22H34N2O8. The van der Waals surface area contributed by atoms with Crippen molar-refractivity contribution in [2.45, 2.75) is 0 Å². The van der Waals surface area contributed by atoms with Gasteiger partial charge in [0.05, 0.1) is 54.2 Å². The van der Waals surface area contributed by atoms with Crippen LogP contribution in [-0.2, 0) is 9.59 Å². The molecule has 0 saturated carbocycles. The van der Waals surface area contributed by atoms with Crippen molar-refractivity contribution in [3.05, 3.63) is 48.5 Å². The minimum Gasteiger partial charge on any atom is -0.544 e. The molecule has 0 amide bonds. The fourth-order valence-corrected chi connectivity index (χ4v) is 1.70. The highest BCUT2D eigenvalue weighted by Crippen LogP contribution is 2.22. The van der Waals surface area contributed by atoms with Crippen molar-refractivity contribution in [1.29, 1.82) is 0 Å². The molecule has 10 nitrogen and oxygen atoms in total. The van der Waals surface area contributed by atoms with Gasteiger partial charge in [-0.15, -0.1) is 0 Å². The molecule has 0 unspecified atom stereocenters. The number of benzene rings is 2. The van der Waals surface area contributed by atoms with Gasteiger partial charge in [0.1, 0.15) is 13.1 Å². The first-order valence-corrected chi connectivity index (χ1v) is 9.39. The molecule has 0 heterocycles. The van der Waals surface area contributed by atoms with Crippen molar-refractivity contribution in [3.63, 3.8) is 0 Å². The lowest BCUT2D eigenvalue weighted by molar-refractivity contribution is -0.864. The van der Waals surface area contributed by atoms with Crippen molar-refractivity contribution < 1.29 is 49.2 Å².